The zero-order valence-electron chi connectivity index (χ0n) is 8.56. The van der Waals surface area contributed by atoms with E-state index in [1.807, 2.05) is 18.0 Å². The van der Waals surface area contributed by atoms with Crippen LogP contribution in [-0.4, -0.2) is 43.3 Å². The molecule has 0 spiro atoms. The van der Waals surface area contributed by atoms with Crippen LogP contribution in [0.15, 0.2) is 0 Å². The van der Waals surface area contributed by atoms with Gasteiger partial charge in [-0.3, -0.25) is 5.32 Å². The molecule has 6 heteroatoms. The maximum atomic E-state index is 12.0. The SMILES string of the molecule is CN1CCC(C#N)(NCC(F)(F)F)CC1. The van der Waals surface area contributed by atoms with Crippen LogP contribution < -0.4 is 5.32 Å². The Morgan fingerprint density at radius 1 is 1.40 bits per heavy atom. The van der Waals surface area contributed by atoms with Gasteiger partial charge in [0.1, 0.15) is 5.54 Å². The highest BCUT2D eigenvalue weighted by molar-refractivity contribution is 5.09. The lowest BCUT2D eigenvalue weighted by Crippen LogP contribution is -2.54. The van der Waals surface area contributed by atoms with Crippen molar-refractivity contribution in [3.63, 3.8) is 0 Å². The van der Waals surface area contributed by atoms with Gasteiger partial charge in [0.05, 0.1) is 12.6 Å². The molecule has 1 aliphatic rings. The summed E-state index contributed by atoms with van der Waals surface area (Å²) in [6.07, 6.45) is -3.38. The molecule has 0 amide bonds. The molecular formula is C9H14F3N3. The van der Waals surface area contributed by atoms with E-state index in [2.05, 4.69) is 5.32 Å². The second kappa shape index (κ2) is 4.37. The van der Waals surface area contributed by atoms with Crippen LogP contribution in [0.2, 0.25) is 0 Å². The van der Waals surface area contributed by atoms with Crippen molar-refractivity contribution in [2.45, 2.75) is 24.6 Å². The van der Waals surface area contributed by atoms with Crippen molar-refractivity contribution in [2.75, 3.05) is 26.7 Å². The van der Waals surface area contributed by atoms with E-state index in [9.17, 15) is 13.2 Å². The largest absolute Gasteiger partial charge is 0.401 e. The third kappa shape index (κ3) is 3.68. The fraction of sp³-hybridized carbons (Fsp3) is 0.889. The monoisotopic (exact) mass is 221 g/mol. The van der Waals surface area contributed by atoms with Gasteiger partial charge in [0.25, 0.3) is 0 Å². The van der Waals surface area contributed by atoms with E-state index in [0.717, 1.165) is 0 Å². The van der Waals surface area contributed by atoms with Crippen LogP contribution in [0.3, 0.4) is 0 Å². The maximum Gasteiger partial charge on any atom is 0.401 e. The van der Waals surface area contributed by atoms with Crippen LogP contribution >= 0.6 is 0 Å². The van der Waals surface area contributed by atoms with Crippen molar-refractivity contribution >= 4 is 0 Å². The van der Waals surface area contributed by atoms with Gasteiger partial charge in [0.15, 0.2) is 0 Å². The fourth-order valence-corrected chi connectivity index (χ4v) is 1.60. The van der Waals surface area contributed by atoms with Gasteiger partial charge in [-0.15, -0.1) is 0 Å². The molecule has 0 aromatic carbocycles. The van der Waals surface area contributed by atoms with Crippen LogP contribution in [0.4, 0.5) is 13.2 Å². The second-order valence-electron chi connectivity index (χ2n) is 3.97. The third-order valence-electron chi connectivity index (χ3n) is 2.68. The van der Waals surface area contributed by atoms with Gasteiger partial charge in [-0.25, -0.2) is 0 Å². The first-order chi connectivity index (χ1) is 6.87. The minimum atomic E-state index is -4.26. The fourth-order valence-electron chi connectivity index (χ4n) is 1.60. The number of piperidine rings is 1. The number of likely N-dealkylation sites (tertiary alicyclic amines) is 1. The average Bonchev–Trinajstić information content (AvgIpc) is 2.17. The first kappa shape index (κ1) is 12.3. The van der Waals surface area contributed by atoms with Crippen molar-refractivity contribution in [1.82, 2.24) is 10.2 Å². The van der Waals surface area contributed by atoms with Crippen LogP contribution in [0.25, 0.3) is 0 Å². The van der Waals surface area contributed by atoms with Gasteiger partial charge in [-0.1, -0.05) is 0 Å². The topological polar surface area (TPSA) is 39.1 Å². The van der Waals surface area contributed by atoms with Crippen molar-refractivity contribution < 1.29 is 13.2 Å². The lowest BCUT2D eigenvalue weighted by Gasteiger charge is -2.36. The molecule has 86 valence electrons. The zero-order chi connectivity index (χ0) is 11.5. The van der Waals surface area contributed by atoms with Gasteiger partial charge < -0.3 is 4.90 Å². The Hall–Kier alpha value is -0.800. The van der Waals surface area contributed by atoms with Crippen LogP contribution in [0.5, 0.6) is 0 Å². The molecular weight excluding hydrogens is 207 g/mol. The summed E-state index contributed by atoms with van der Waals surface area (Å²) in [5.41, 5.74) is -0.998. The summed E-state index contributed by atoms with van der Waals surface area (Å²) in [5, 5.41) is 11.3. The zero-order valence-corrected chi connectivity index (χ0v) is 8.56. The predicted octanol–water partition coefficient (Wildman–Crippen LogP) is 1.13. The maximum absolute atomic E-state index is 12.0. The Bertz CT molecular complexity index is 248. The van der Waals surface area contributed by atoms with Gasteiger partial charge in [0, 0.05) is 13.1 Å². The normalized spacial score (nSPS) is 22.3. The first-order valence-corrected chi connectivity index (χ1v) is 4.78. The lowest BCUT2D eigenvalue weighted by atomic mass is 9.89. The van der Waals surface area contributed by atoms with Gasteiger partial charge in [-0.2, -0.15) is 18.4 Å². The molecule has 0 atom stereocenters. The number of nitrogens with zero attached hydrogens (tertiary/aromatic N) is 2. The molecule has 0 aromatic rings. The molecule has 0 unspecified atom stereocenters. The quantitative estimate of drug-likeness (QED) is 0.759. The van der Waals surface area contributed by atoms with Crippen molar-refractivity contribution in [3.8, 4) is 6.07 Å². The molecule has 0 saturated carbocycles. The van der Waals surface area contributed by atoms with E-state index in [4.69, 9.17) is 5.26 Å². The number of hydrogen-bond acceptors (Lipinski definition) is 3. The van der Waals surface area contributed by atoms with E-state index >= 15 is 0 Å². The van der Waals surface area contributed by atoms with E-state index < -0.39 is 18.3 Å². The van der Waals surface area contributed by atoms with Crippen molar-refractivity contribution in [1.29, 1.82) is 5.26 Å². The summed E-state index contributed by atoms with van der Waals surface area (Å²) in [6.45, 7) is 0.209. The highest BCUT2D eigenvalue weighted by Crippen LogP contribution is 2.22. The van der Waals surface area contributed by atoms with E-state index in [1.165, 1.54) is 0 Å². The molecule has 1 N–H and O–H groups in total. The smallest absolute Gasteiger partial charge is 0.306 e. The molecule has 1 rings (SSSR count). The minimum Gasteiger partial charge on any atom is -0.306 e. The molecule has 0 radical (unpaired) electrons. The summed E-state index contributed by atoms with van der Waals surface area (Å²) in [4.78, 5) is 2.00. The minimum absolute atomic E-state index is 0.441. The van der Waals surface area contributed by atoms with E-state index in [-0.39, 0.29) is 0 Å². The van der Waals surface area contributed by atoms with Crippen LogP contribution in [0, 0.1) is 11.3 Å². The Kier molecular flexibility index (Phi) is 3.58. The summed E-state index contributed by atoms with van der Waals surface area (Å²) in [7, 11) is 1.89. The molecule has 1 aliphatic heterocycles. The van der Waals surface area contributed by atoms with E-state index in [0.29, 0.717) is 25.9 Å². The number of nitrogens with one attached hydrogen (secondary N) is 1. The van der Waals surface area contributed by atoms with Gasteiger partial charge in [-0.05, 0) is 19.9 Å². The molecule has 0 bridgehead atoms. The molecule has 15 heavy (non-hydrogen) atoms. The first-order valence-electron chi connectivity index (χ1n) is 4.78. The number of nitriles is 1. The Balaban J connectivity index is 2.52. The Morgan fingerprint density at radius 2 is 1.93 bits per heavy atom. The number of hydrogen-bond donors (Lipinski definition) is 1. The van der Waals surface area contributed by atoms with Crippen LogP contribution in [0.1, 0.15) is 12.8 Å². The molecule has 3 nitrogen and oxygen atoms in total. The second-order valence-corrected chi connectivity index (χ2v) is 3.97. The average molecular weight is 221 g/mol. The van der Waals surface area contributed by atoms with Gasteiger partial charge >= 0.3 is 6.18 Å². The van der Waals surface area contributed by atoms with Crippen LogP contribution in [-0.2, 0) is 0 Å². The van der Waals surface area contributed by atoms with E-state index in [1.54, 1.807) is 0 Å². The number of rotatable bonds is 2. The summed E-state index contributed by atoms with van der Waals surface area (Å²) < 4.78 is 36.0. The summed E-state index contributed by atoms with van der Waals surface area (Å²) >= 11 is 0. The standard InChI is InChI=1S/C9H14F3N3/c1-15-4-2-8(6-13,3-5-15)14-7-9(10,11)12/h14H,2-5,7H2,1H3. The summed E-state index contributed by atoms with van der Waals surface area (Å²) in [6, 6.07) is 1.97. The summed E-state index contributed by atoms with van der Waals surface area (Å²) in [5.74, 6) is 0. The number of alkyl halides is 3. The molecule has 1 saturated heterocycles. The molecule has 0 aliphatic carbocycles. The molecule has 1 heterocycles. The predicted molar refractivity (Wildman–Crippen MR) is 49.1 cm³/mol. The molecule has 0 aromatic heterocycles. The highest BCUT2D eigenvalue weighted by Gasteiger charge is 2.37. The Morgan fingerprint density at radius 3 is 2.33 bits per heavy atom. The van der Waals surface area contributed by atoms with Crippen molar-refractivity contribution in [3.05, 3.63) is 0 Å². The third-order valence-corrected chi connectivity index (χ3v) is 2.68. The lowest BCUT2D eigenvalue weighted by molar-refractivity contribution is -0.128. The highest BCUT2D eigenvalue weighted by atomic mass is 19.4. The van der Waals surface area contributed by atoms with Crippen molar-refractivity contribution in [2.24, 2.45) is 0 Å². The van der Waals surface area contributed by atoms with Gasteiger partial charge in [0.2, 0.25) is 0 Å². The Labute approximate surface area is 86.9 Å². The molecule has 1 fully saturated rings. The number of halogens is 3.